The van der Waals surface area contributed by atoms with E-state index in [4.69, 9.17) is 23.2 Å². The first kappa shape index (κ1) is 19.4. The van der Waals surface area contributed by atoms with Gasteiger partial charge in [-0.15, -0.1) is 0 Å². The van der Waals surface area contributed by atoms with Crippen LogP contribution in [0, 0.1) is 18.8 Å². The van der Waals surface area contributed by atoms with E-state index in [9.17, 15) is 4.79 Å². The Kier molecular flexibility index (Phi) is 6.53. The molecule has 0 saturated heterocycles. The standard InChI is InChI=1S/C21H20Cl2O2/c1-13(2)17-9-15(6-5-14(17)3)10-18-19(22)11-16(12-20(18)23)7-8-21(24)25-4/h5-6,9,11-13H,10H2,1-4H3. The smallest absolute Gasteiger partial charge is 0.384 e. The van der Waals surface area contributed by atoms with Gasteiger partial charge in [0.2, 0.25) is 0 Å². The van der Waals surface area contributed by atoms with Crippen LogP contribution < -0.4 is 0 Å². The zero-order valence-corrected chi connectivity index (χ0v) is 16.3. The van der Waals surface area contributed by atoms with Gasteiger partial charge in [-0.3, -0.25) is 0 Å². The van der Waals surface area contributed by atoms with Crippen molar-refractivity contribution >= 4 is 29.2 Å². The molecule has 0 fully saturated rings. The Morgan fingerprint density at radius 2 is 1.80 bits per heavy atom. The molecule has 0 aromatic heterocycles. The lowest BCUT2D eigenvalue weighted by Gasteiger charge is -2.13. The number of esters is 1. The highest BCUT2D eigenvalue weighted by molar-refractivity contribution is 6.36. The molecule has 0 radical (unpaired) electrons. The van der Waals surface area contributed by atoms with E-state index in [0.29, 0.717) is 27.9 Å². The van der Waals surface area contributed by atoms with Gasteiger partial charge in [0.25, 0.3) is 0 Å². The van der Waals surface area contributed by atoms with Crippen molar-refractivity contribution in [2.24, 2.45) is 0 Å². The summed E-state index contributed by atoms with van der Waals surface area (Å²) in [7, 11) is 1.28. The third-order valence-electron chi connectivity index (χ3n) is 3.98. The van der Waals surface area contributed by atoms with Gasteiger partial charge in [-0.2, -0.15) is 0 Å². The molecule has 0 aliphatic heterocycles. The highest BCUT2D eigenvalue weighted by Gasteiger charge is 2.11. The summed E-state index contributed by atoms with van der Waals surface area (Å²) in [5.74, 6) is 4.94. The van der Waals surface area contributed by atoms with Gasteiger partial charge in [0.05, 0.1) is 7.11 Å². The maximum Gasteiger partial charge on any atom is 0.384 e. The van der Waals surface area contributed by atoms with E-state index < -0.39 is 5.97 Å². The van der Waals surface area contributed by atoms with E-state index in [-0.39, 0.29) is 0 Å². The van der Waals surface area contributed by atoms with Crippen molar-refractivity contribution in [3.05, 3.63) is 68.2 Å². The molecule has 0 unspecified atom stereocenters. The molecule has 2 nitrogen and oxygen atoms in total. The highest BCUT2D eigenvalue weighted by Crippen LogP contribution is 2.30. The summed E-state index contributed by atoms with van der Waals surface area (Å²) >= 11 is 12.8. The average Bonchev–Trinajstić information content (AvgIpc) is 2.57. The lowest BCUT2D eigenvalue weighted by Crippen LogP contribution is -1.98. The molecular formula is C21H20Cl2O2. The summed E-state index contributed by atoms with van der Waals surface area (Å²) in [5.41, 5.74) is 5.20. The SMILES string of the molecule is COC(=O)C#Cc1cc(Cl)c(Cc2ccc(C)c(C(C)C)c2)c(Cl)c1. The maximum absolute atomic E-state index is 11.1. The second kappa shape index (κ2) is 8.43. The summed E-state index contributed by atoms with van der Waals surface area (Å²) in [6, 6.07) is 9.87. The Morgan fingerprint density at radius 3 is 2.36 bits per heavy atom. The Morgan fingerprint density at radius 1 is 1.16 bits per heavy atom. The van der Waals surface area contributed by atoms with E-state index in [1.165, 1.54) is 18.2 Å². The number of hydrogen-bond donors (Lipinski definition) is 0. The van der Waals surface area contributed by atoms with E-state index >= 15 is 0 Å². The van der Waals surface area contributed by atoms with Crippen LogP contribution >= 0.6 is 23.2 Å². The number of halogens is 2. The average molecular weight is 375 g/mol. The van der Waals surface area contributed by atoms with Crippen LogP contribution in [0.1, 0.15) is 47.6 Å². The molecule has 0 heterocycles. The van der Waals surface area contributed by atoms with Crippen molar-refractivity contribution in [2.75, 3.05) is 7.11 Å². The third-order valence-corrected chi connectivity index (χ3v) is 4.66. The fraction of sp³-hybridized carbons (Fsp3) is 0.286. The summed E-state index contributed by atoms with van der Waals surface area (Å²) in [6.07, 6.45) is 0.641. The van der Waals surface area contributed by atoms with Crippen LogP contribution in [0.2, 0.25) is 10.0 Å². The molecule has 2 aromatic rings. The van der Waals surface area contributed by atoms with Crippen LogP contribution in [0.3, 0.4) is 0 Å². The van der Waals surface area contributed by atoms with Gasteiger partial charge in [0.1, 0.15) is 0 Å². The Balaban J connectivity index is 2.33. The number of carbonyl (C=O) groups is 1. The predicted molar refractivity (Wildman–Crippen MR) is 103 cm³/mol. The normalized spacial score (nSPS) is 10.4. The van der Waals surface area contributed by atoms with E-state index in [2.05, 4.69) is 55.5 Å². The lowest BCUT2D eigenvalue weighted by molar-refractivity contribution is -0.133. The summed E-state index contributed by atoms with van der Waals surface area (Å²) in [6.45, 7) is 6.48. The number of methoxy groups -OCH3 is 1. The van der Waals surface area contributed by atoms with Gasteiger partial charge in [-0.25, -0.2) is 4.79 Å². The Bertz CT molecular complexity index is 835. The van der Waals surface area contributed by atoms with E-state index in [1.807, 2.05) is 0 Å². The topological polar surface area (TPSA) is 26.3 Å². The minimum absolute atomic E-state index is 0.460. The van der Waals surface area contributed by atoms with Gasteiger partial charge in [-0.1, -0.05) is 61.2 Å². The molecule has 2 rings (SSSR count). The second-order valence-electron chi connectivity index (χ2n) is 6.18. The zero-order chi connectivity index (χ0) is 18.6. The summed E-state index contributed by atoms with van der Waals surface area (Å²) in [4.78, 5) is 11.1. The molecule has 0 aliphatic carbocycles. The number of benzene rings is 2. The molecule has 0 saturated carbocycles. The second-order valence-corrected chi connectivity index (χ2v) is 7.00. The van der Waals surface area contributed by atoms with Gasteiger partial charge in [0, 0.05) is 27.9 Å². The minimum atomic E-state index is -0.600. The first-order valence-electron chi connectivity index (χ1n) is 7.99. The number of carbonyl (C=O) groups excluding carboxylic acids is 1. The molecular weight excluding hydrogens is 355 g/mol. The van der Waals surface area contributed by atoms with Crippen molar-refractivity contribution in [3.63, 3.8) is 0 Å². The molecule has 0 bridgehead atoms. The van der Waals surface area contributed by atoms with Crippen LogP contribution in [0.4, 0.5) is 0 Å². The molecule has 4 heteroatoms. The molecule has 2 aromatic carbocycles. The van der Waals surface area contributed by atoms with Gasteiger partial charge < -0.3 is 4.74 Å². The molecule has 0 N–H and O–H groups in total. The number of hydrogen-bond acceptors (Lipinski definition) is 2. The lowest BCUT2D eigenvalue weighted by atomic mass is 9.93. The van der Waals surface area contributed by atoms with Gasteiger partial charge in [-0.05, 0) is 47.2 Å². The van der Waals surface area contributed by atoms with Crippen LogP contribution in [0.5, 0.6) is 0 Å². The molecule has 0 amide bonds. The molecule has 0 atom stereocenters. The quantitative estimate of drug-likeness (QED) is 0.520. The monoisotopic (exact) mass is 374 g/mol. The van der Waals surface area contributed by atoms with Gasteiger partial charge in [0.15, 0.2) is 0 Å². The highest BCUT2D eigenvalue weighted by atomic mass is 35.5. The zero-order valence-electron chi connectivity index (χ0n) is 14.7. The number of aryl methyl sites for hydroxylation is 1. The van der Waals surface area contributed by atoms with Crippen molar-refractivity contribution in [1.82, 2.24) is 0 Å². The molecule has 0 spiro atoms. The Labute approximate surface area is 159 Å². The van der Waals surface area contributed by atoms with Crippen LogP contribution in [-0.4, -0.2) is 13.1 Å². The fourth-order valence-corrected chi connectivity index (χ4v) is 3.27. The summed E-state index contributed by atoms with van der Waals surface area (Å²) < 4.78 is 4.50. The third kappa shape index (κ3) is 5.01. The number of ether oxygens (including phenoxy) is 1. The van der Waals surface area contributed by atoms with E-state index in [0.717, 1.165) is 11.1 Å². The largest absolute Gasteiger partial charge is 0.459 e. The van der Waals surface area contributed by atoms with Crippen LogP contribution in [-0.2, 0) is 16.0 Å². The van der Waals surface area contributed by atoms with Crippen molar-refractivity contribution in [1.29, 1.82) is 0 Å². The van der Waals surface area contributed by atoms with Crippen molar-refractivity contribution < 1.29 is 9.53 Å². The first-order valence-corrected chi connectivity index (χ1v) is 8.74. The van der Waals surface area contributed by atoms with E-state index in [1.54, 1.807) is 12.1 Å². The Hall–Kier alpha value is -1.95. The first-order chi connectivity index (χ1) is 11.8. The molecule has 0 aliphatic rings. The van der Waals surface area contributed by atoms with Gasteiger partial charge >= 0.3 is 5.97 Å². The minimum Gasteiger partial charge on any atom is -0.459 e. The van der Waals surface area contributed by atoms with Crippen LogP contribution in [0.25, 0.3) is 0 Å². The predicted octanol–water partition coefficient (Wildman–Crippen LogP) is 5.54. The molecule has 130 valence electrons. The van der Waals surface area contributed by atoms with Crippen molar-refractivity contribution in [2.45, 2.75) is 33.1 Å². The maximum atomic E-state index is 11.1. The summed E-state index contributed by atoms with van der Waals surface area (Å²) in [5, 5.41) is 1.07. The number of rotatable bonds is 3. The van der Waals surface area contributed by atoms with Crippen LogP contribution in [0.15, 0.2) is 30.3 Å². The van der Waals surface area contributed by atoms with Crippen molar-refractivity contribution in [3.8, 4) is 11.8 Å². The molecule has 25 heavy (non-hydrogen) atoms. The fourth-order valence-electron chi connectivity index (χ4n) is 2.64.